The number of anilines is 1. The van der Waals surface area contributed by atoms with Crippen LogP contribution >= 0.6 is 11.8 Å². The highest BCUT2D eigenvalue weighted by Crippen LogP contribution is 2.44. The molecule has 1 aliphatic heterocycles. The lowest BCUT2D eigenvalue weighted by Crippen LogP contribution is -2.57. The normalized spacial score (nSPS) is 17.8. The molecule has 0 aliphatic carbocycles. The zero-order valence-corrected chi connectivity index (χ0v) is 21.2. The molecule has 0 bridgehead atoms. The molecule has 0 atom stereocenters. The molecule has 0 radical (unpaired) electrons. The lowest BCUT2D eigenvalue weighted by Gasteiger charge is -2.47. The Morgan fingerprint density at radius 3 is 2.39 bits per heavy atom. The second kappa shape index (κ2) is 9.11. The summed E-state index contributed by atoms with van der Waals surface area (Å²) in [7, 11) is 0. The molecule has 4 rings (SSSR count). The molecule has 0 spiro atoms. The van der Waals surface area contributed by atoms with E-state index in [0.717, 1.165) is 47.3 Å². The van der Waals surface area contributed by atoms with Crippen LogP contribution in [0.25, 0.3) is 16.9 Å². The molecule has 3 aromatic rings. The average molecular weight is 468 g/mol. The number of nitrogens with one attached hydrogen (secondary N) is 2. The second-order valence-corrected chi connectivity index (χ2v) is 10.9. The minimum atomic E-state index is -0.244. The summed E-state index contributed by atoms with van der Waals surface area (Å²) in [4.78, 5) is 9.62. The molecule has 5 nitrogen and oxygen atoms in total. The Hall–Kier alpha value is -2.38. The molecule has 176 valence electrons. The van der Waals surface area contributed by atoms with Crippen molar-refractivity contribution in [2.45, 2.75) is 69.6 Å². The number of thioether (sulfide) groups is 1. The van der Waals surface area contributed by atoms with E-state index in [1.807, 2.05) is 12.5 Å². The number of aromatic nitrogens is 3. The summed E-state index contributed by atoms with van der Waals surface area (Å²) < 4.78 is 15.6. The van der Waals surface area contributed by atoms with E-state index in [4.69, 9.17) is 9.97 Å². The van der Waals surface area contributed by atoms with E-state index in [0.29, 0.717) is 5.92 Å². The number of benzene rings is 1. The van der Waals surface area contributed by atoms with Gasteiger partial charge in [0, 0.05) is 41.1 Å². The third-order valence-corrected chi connectivity index (χ3v) is 6.82. The Morgan fingerprint density at radius 1 is 1.12 bits per heavy atom. The molecule has 33 heavy (non-hydrogen) atoms. The first-order chi connectivity index (χ1) is 15.6. The van der Waals surface area contributed by atoms with Gasteiger partial charge in [-0.2, -0.15) is 0 Å². The molecular weight excluding hydrogens is 433 g/mol. The molecule has 0 saturated carbocycles. The minimum Gasteiger partial charge on any atom is -0.370 e. The van der Waals surface area contributed by atoms with E-state index in [9.17, 15) is 4.39 Å². The van der Waals surface area contributed by atoms with Crippen molar-refractivity contribution in [2.24, 2.45) is 0 Å². The quantitative estimate of drug-likeness (QED) is 0.420. The molecule has 2 N–H and O–H groups in total. The van der Waals surface area contributed by atoms with Gasteiger partial charge in [-0.3, -0.25) is 4.57 Å². The molecule has 1 aromatic carbocycles. The van der Waals surface area contributed by atoms with Gasteiger partial charge in [-0.25, -0.2) is 14.4 Å². The number of halogens is 1. The SMILES string of the molecule is CCNc1nccc(-n2cc(-c3ccc(F)cc3)nc2SC)c1C1CC(C)(C)NC(C)(C)C1. The highest BCUT2D eigenvalue weighted by Gasteiger charge is 2.40. The molecule has 0 unspecified atom stereocenters. The number of pyridine rings is 1. The van der Waals surface area contributed by atoms with Gasteiger partial charge in [-0.1, -0.05) is 11.8 Å². The van der Waals surface area contributed by atoms with Gasteiger partial charge in [-0.05, 0) is 90.0 Å². The first-order valence-corrected chi connectivity index (χ1v) is 12.8. The smallest absolute Gasteiger partial charge is 0.172 e. The second-order valence-electron chi connectivity index (χ2n) is 10.1. The van der Waals surface area contributed by atoms with Crippen molar-refractivity contribution >= 4 is 17.6 Å². The Morgan fingerprint density at radius 2 is 1.79 bits per heavy atom. The summed E-state index contributed by atoms with van der Waals surface area (Å²) in [6.07, 6.45) is 8.00. The van der Waals surface area contributed by atoms with E-state index in [-0.39, 0.29) is 16.9 Å². The molecule has 7 heteroatoms. The fourth-order valence-corrected chi connectivity index (χ4v) is 5.89. The summed E-state index contributed by atoms with van der Waals surface area (Å²) in [6.45, 7) is 12.0. The predicted octanol–water partition coefficient (Wildman–Crippen LogP) is 6.25. The maximum Gasteiger partial charge on any atom is 0.172 e. The van der Waals surface area contributed by atoms with Crippen molar-refractivity contribution in [3.8, 4) is 16.9 Å². The molecule has 0 amide bonds. The maximum atomic E-state index is 13.5. The van der Waals surface area contributed by atoms with E-state index in [1.165, 1.54) is 17.7 Å². The zero-order chi connectivity index (χ0) is 23.8. The third-order valence-electron chi connectivity index (χ3n) is 6.17. The molecule has 1 fully saturated rings. The maximum absolute atomic E-state index is 13.5. The predicted molar refractivity (Wildman–Crippen MR) is 136 cm³/mol. The van der Waals surface area contributed by atoms with Crippen LogP contribution in [0.3, 0.4) is 0 Å². The Labute approximate surface area is 200 Å². The van der Waals surface area contributed by atoms with Crippen LogP contribution in [0.4, 0.5) is 10.2 Å². The average Bonchev–Trinajstić information content (AvgIpc) is 3.16. The van der Waals surface area contributed by atoms with Gasteiger partial charge in [0.15, 0.2) is 5.16 Å². The van der Waals surface area contributed by atoms with Crippen LogP contribution in [-0.2, 0) is 0 Å². The number of hydrogen-bond acceptors (Lipinski definition) is 5. The molecule has 1 saturated heterocycles. The van der Waals surface area contributed by atoms with Crippen LogP contribution in [0.5, 0.6) is 0 Å². The van der Waals surface area contributed by atoms with E-state index in [1.54, 1.807) is 23.9 Å². The number of imidazole rings is 1. The zero-order valence-electron chi connectivity index (χ0n) is 20.4. The number of nitrogens with zero attached hydrogens (tertiary/aromatic N) is 3. The number of rotatable bonds is 6. The van der Waals surface area contributed by atoms with Gasteiger partial charge in [0.1, 0.15) is 11.6 Å². The summed E-state index contributed by atoms with van der Waals surface area (Å²) >= 11 is 1.61. The fraction of sp³-hybridized carbons (Fsp3) is 0.462. The Bertz CT molecular complexity index is 1100. The van der Waals surface area contributed by atoms with Crippen LogP contribution in [0.1, 0.15) is 58.9 Å². The monoisotopic (exact) mass is 467 g/mol. The van der Waals surface area contributed by atoms with Crippen molar-refractivity contribution in [2.75, 3.05) is 18.1 Å². The van der Waals surface area contributed by atoms with Crippen molar-refractivity contribution in [1.82, 2.24) is 19.9 Å². The minimum absolute atomic E-state index is 0.0135. The largest absolute Gasteiger partial charge is 0.370 e. The number of hydrogen-bond donors (Lipinski definition) is 2. The molecule has 1 aliphatic rings. The summed E-state index contributed by atoms with van der Waals surface area (Å²) in [5.74, 6) is 1.03. The van der Waals surface area contributed by atoms with Gasteiger partial charge in [0.2, 0.25) is 0 Å². The van der Waals surface area contributed by atoms with Gasteiger partial charge in [-0.15, -0.1) is 0 Å². The Kier molecular flexibility index (Phi) is 6.56. The summed E-state index contributed by atoms with van der Waals surface area (Å²) in [5, 5.41) is 8.21. The highest BCUT2D eigenvalue weighted by molar-refractivity contribution is 7.98. The van der Waals surface area contributed by atoms with Crippen molar-refractivity contribution < 1.29 is 4.39 Å². The summed E-state index contributed by atoms with van der Waals surface area (Å²) in [6, 6.07) is 8.61. The standard InChI is InChI=1S/C26H34FN5S/c1-7-28-23-22(18-14-25(2,3)31-26(4,5)15-18)21(12-13-29-23)32-16-20(30-24(32)33-6)17-8-10-19(27)11-9-17/h8-13,16,18,31H,7,14-15H2,1-6H3,(H,28,29). The van der Waals surface area contributed by atoms with Crippen LogP contribution in [0.15, 0.2) is 47.9 Å². The van der Waals surface area contributed by atoms with Crippen molar-refractivity contribution in [3.63, 3.8) is 0 Å². The van der Waals surface area contributed by atoms with Gasteiger partial charge >= 0.3 is 0 Å². The van der Waals surface area contributed by atoms with Crippen LogP contribution in [-0.4, -0.2) is 38.4 Å². The Balaban J connectivity index is 1.87. The third kappa shape index (κ3) is 5.09. The molecule has 3 heterocycles. The van der Waals surface area contributed by atoms with Crippen molar-refractivity contribution in [3.05, 3.63) is 54.1 Å². The molecular formula is C26H34FN5S. The lowest BCUT2D eigenvalue weighted by molar-refractivity contribution is 0.162. The van der Waals surface area contributed by atoms with Crippen LogP contribution in [0, 0.1) is 5.82 Å². The molecule has 2 aromatic heterocycles. The van der Waals surface area contributed by atoms with E-state index < -0.39 is 0 Å². The summed E-state index contributed by atoms with van der Waals surface area (Å²) in [5.41, 5.74) is 4.10. The fourth-order valence-electron chi connectivity index (χ4n) is 5.35. The van der Waals surface area contributed by atoms with Gasteiger partial charge in [0.25, 0.3) is 0 Å². The first-order valence-electron chi connectivity index (χ1n) is 11.5. The van der Waals surface area contributed by atoms with Crippen LogP contribution in [0.2, 0.25) is 0 Å². The highest BCUT2D eigenvalue weighted by atomic mass is 32.2. The lowest BCUT2D eigenvalue weighted by atomic mass is 9.73. The topological polar surface area (TPSA) is 54.8 Å². The van der Waals surface area contributed by atoms with E-state index in [2.05, 4.69) is 62.1 Å². The van der Waals surface area contributed by atoms with Crippen LogP contribution < -0.4 is 10.6 Å². The number of piperidine rings is 1. The van der Waals surface area contributed by atoms with E-state index >= 15 is 0 Å². The van der Waals surface area contributed by atoms with Crippen molar-refractivity contribution in [1.29, 1.82) is 0 Å². The van der Waals surface area contributed by atoms with Gasteiger partial charge in [0.05, 0.1) is 11.4 Å². The van der Waals surface area contributed by atoms with Gasteiger partial charge < -0.3 is 10.6 Å². The first kappa shape index (κ1) is 23.8.